The van der Waals surface area contributed by atoms with Crippen LogP contribution in [0.1, 0.15) is 11.1 Å². The first-order chi connectivity index (χ1) is 10.8. The van der Waals surface area contributed by atoms with Crippen LogP contribution in [-0.4, -0.2) is 32.4 Å². The van der Waals surface area contributed by atoms with E-state index in [1.807, 2.05) is 48.5 Å². The van der Waals surface area contributed by atoms with E-state index in [2.05, 4.69) is 15.4 Å². The fraction of sp³-hybridized carbons (Fsp3) is 0.188. The third kappa shape index (κ3) is 2.96. The van der Waals surface area contributed by atoms with Crippen LogP contribution < -0.4 is 4.74 Å². The standard InChI is InChI=1S/C16H16N4O2/c1-22-14-8-6-12(7-9-14)10-20-18-16(17-19-20)15-5-3-2-4-13(15)11-21/h2-9,21H,10-11H2,1H3. The first-order valence-corrected chi connectivity index (χ1v) is 6.90. The number of rotatable bonds is 5. The number of tetrazole rings is 1. The SMILES string of the molecule is COc1ccc(Cn2nnc(-c3ccccc3CO)n2)cc1. The van der Waals surface area contributed by atoms with Gasteiger partial charge in [-0.2, -0.15) is 4.80 Å². The van der Waals surface area contributed by atoms with Crippen LogP contribution in [0.2, 0.25) is 0 Å². The van der Waals surface area contributed by atoms with E-state index < -0.39 is 0 Å². The predicted octanol–water partition coefficient (Wildman–Crippen LogP) is 1.89. The topological polar surface area (TPSA) is 73.1 Å². The minimum absolute atomic E-state index is 0.0524. The number of hydrogen-bond acceptors (Lipinski definition) is 5. The molecule has 0 aliphatic rings. The van der Waals surface area contributed by atoms with E-state index in [0.717, 1.165) is 22.4 Å². The second-order valence-corrected chi connectivity index (χ2v) is 4.81. The van der Waals surface area contributed by atoms with E-state index in [9.17, 15) is 5.11 Å². The molecule has 0 saturated carbocycles. The molecule has 0 spiro atoms. The van der Waals surface area contributed by atoms with Crippen molar-refractivity contribution in [3.8, 4) is 17.1 Å². The average molecular weight is 296 g/mol. The third-order valence-corrected chi connectivity index (χ3v) is 3.36. The van der Waals surface area contributed by atoms with Crippen molar-refractivity contribution in [3.63, 3.8) is 0 Å². The van der Waals surface area contributed by atoms with Gasteiger partial charge in [0.05, 0.1) is 20.3 Å². The fourth-order valence-electron chi connectivity index (χ4n) is 2.19. The van der Waals surface area contributed by atoms with Gasteiger partial charge in [-0.05, 0) is 28.5 Å². The summed E-state index contributed by atoms with van der Waals surface area (Å²) in [6.45, 7) is 0.474. The van der Waals surface area contributed by atoms with Gasteiger partial charge in [-0.1, -0.05) is 36.4 Å². The lowest BCUT2D eigenvalue weighted by Gasteiger charge is -2.03. The van der Waals surface area contributed by atoms with Gasteiger partial charge in [0, 0.05) is 5.56 Å². The highest BCUT2D eigenvalue weighted by atomic mass is 16.5. The molecular weight excluding hydrogens is 280 g/mol. The zero-order chi connectivity index (χ0) is 15.4. The maximum atomic E-state index is 9.38. The maximum absolute atomic E-state index is 9.38. The lowest BCUT2D eigenvalue weighted by atomic mass is 10.1. The molecule has 0 bridgehead atoms. The number of hydrogen-bond donors (Lipinski definition) is 1. The van der Waals surface area contributed by atoms with Crippen LogP contribution in [0.15, 0.2) is 48.5 Å². The van der Waals surface area contributed by atoms with Crippen LogP contribution in [0.3, 0.4) is 0 Å². The van der Waals surface area contributed by atoms with Crippen LogP contribution >= 0.6 is 0 Å². The predicted molar refractivity (Wildman–Crippen MR) is 81.3 cm³/mol. The molecule has 112 valence electrons. The summed E-state index contributed by atoms with van der Waals surface area (Å²) in [5.41, 5.74) is 2.64. The van der Waals surface area contributed by atoms with E-state index in [0.29, 0.717) is 12.4 Å². The molecule has 1 heterocycles. The van der Waals surface area contributed by atoms with Gasteiger partial charge in [0.25, 0.3) is 0 Å². The largest absolute Gasteiger partial charge is 0.497 e. The summed E-state index contributed by atoms with van der Waals surface area (Å²) in [7, 11) is 1.64. The van der Waals surface area contributed by atoms with Crippen LogP contribution in [0.25, 0.3) is 11.4 Å². The Labute approximate surface area is 128 Å². The maximum Gasteiger partial charge on any atom is 0.205 e. The van der Waals surface area contributed by atoms with Crippen molar-refractivity contribution in [2.24, 2.45) is 0 Å². The lowest BCUT2D eigenvalue weighted by Crippen LogP contribution is -2.04. The van der Waals surface area contributed by atoms with Gasteiger partial charge < -0.3 is 9.84 Å². The molecule has 0 aliphatic heterocycles. The van der Waals surface area contributed by atoms with Gasteiger partial charge in [-0.15, -0.1) is 10.2 Å². The molecule has 2 aromatic carbocycles. The summed E-state index contributed by atoms with van der Waals surface area (Å²) in [6, 6.07) is 15.2. The average Bonchev–Trinajstić information content (AvgIpc) is 3.04. The van der Waals surface area contributed by atoms with Crippen LogP contribution in [-0.2, 0) is 13.2 Å². The van der Waals surface area contributed by atoms with E-state index in [1.165, 1.54) is 4.80 Å². The summed E-state index contributed by atoms with van der Waals surface area (Å²) < 4.78 is 5.13. The highest BCUT2D eigenvalue weighted by Crippen LogP contribution is 2.19. The molecule has 0 radical (unpaired) electrons. The summed E-state index contributed by atoms with van der Waals surface area (Å²) >= 11 is 0. The zero-order valence-corrected chi connectivity index (χ0v) is 12.2. The summed E-state index contributed by atoms with van der Waals surface area (Å²) in [5.74, 6) is 1.33. The fourth-order valence-corrected chi connectivity index (χ4v) is 2.19. The molecule has 0 aliphatic carbocycles. The molecule has 1 N–H and O–H groups in total. The molecule has 1 aromatic heterocycles. The molecule has 22 heavy (non-hydrogen) atoms. The Kier molecular flexibility index (Phi) is 4.11. The Morgan fingerprint density at radius 2 is 1.86 bits per heavy atom. The summed E-state index contributed by atoms with van der Waals surface area (Å²) in [6.07, 6.45) is 0. The number of aliphatic hydroxyl groups is 1. The van der Waals surface area contributed by atoms with Crippen molar-refractivity contribution in [1.82, 2.24) is 20.2 Å². The van der Waals surface area contributed by atoms with E-state index in [-0.39, 0.29) is 6.61 Å². The second kappa shape index (κ2) is 6.36. The quantitative estimate of drug-likeness (QED) is 0.778. The Hall–Kier alpha value is -2.73. The first kappa shape index (κ1) is 14.2. The van der Waals surface area contributed by atoms with Crippen LogP contribution in [0, 0.1) is 0 Å². The minimum atomic E-state index is -0.0524. The van der Waals surface area contributed by atoms with Gasteiger partial charge in [0.2, 0.25) is 5.82 Å². The minimum Gasteiger partial charge on any atom is -0.497 e. The smallest absolute Gasteiger partial charge is 0.205 e. The van der Waals surface area contributed by atoms with Gasteiger partial charge >= 0.3 is 0 Å². The third-order valence-electron chi connectivity index (χ3n) is 3.36. The molecule has 0 amide bonds. The number of aliphatic hydroxyl groups excluding tert-OH is 1. The molecule has 6 heteroatoms. The molecule has 0 saturated heterocycles. The van der Waals surface area contributed by atoms with Crippen molar-refractivity contribution in [1.29, 1.82) is 0 Å². The molecule has 6 nitrogen and oxygen atoms in total. The van der Waals surface area contributed by atoms with Crippen LogP contribution in [0.4, 0.5) is 0 Å². The second-order valence-electron chi connectivity index (χ2n) is 4.81. The van der Waals surface area contributed by atoms with Crippen molar-refractivity contribution < 1.29 is 9.84 Å². The van der Waals surface area contributed by atoms with Gasteiger partial charge in [0.1, 0.15) is 5.75 Å². The molecule has 0 unspecified atom stereocenters. The summed E-state index contributed by atoms with van der Waals surface area (Å²) in [4.78, 5) is 1.53. The van der Waals surface area contributed by atoms with Crippen molar-refractivity contribution in [2.75, 3.05) is 7.11 Å². The Balaban J connectivity index is 1.81. The molecule has 0 fully saturated rings. The van der Waals surface area contributed by atoms with Crippen LogP contribution in [0.5, 0.6) is 5.75 Å². The van der Waals surface area contributed by atoms with Gasteiger partial charge in [-0.25, -0.2) is 0 Å². The number of aromatic nitrogens is 4. The Bertz CT molecular complexity index is 753. The summed E-state index contributed by atoms with van der Waals surface area (Å²) in [5, 5.41) is 21.9. The van der Waals surface area contributed by atoms with E-state index in [4.69, 9.17) is 4.74 Å². The first-order valence-electron chi connectivity index (χ1n) is 6.90. The van der Waals surface area contributed by atoms with E-state index >= 15 is 0 Å². The number of methoxy groups -OCH3 is 1. The van der Waals surface area contributed by atoms with E-state index in [1.54, 1.807) is 7.11 Å². The molecular formula is C16H16N4O2. The van der Waals surface area contributed by atoms with Gasteiger partial charge in [-0.3, -0.25) is 0 Å². The van der Waals surface area contributed by atoms with Crippen molar-refractivity contribution in [2.45, 2.75) is 13.2 Å². The molecule has 0 atom stereocenters. The van der Waals surface area contributed by atoms with Crippen molar-refractivity contribution in [3.05, 3.63) is 59.7 Å². The Morgan fingerprint density at radius 3 is 2.59 bits per heavy atom. The zero-order valence-electron chi connectivity index (χ0n) is 12.2. The van der Waals surface area contributed by atoms with Crippen molar-refractivity contribution >= 4 is 0 Å². The molecule has 3 aromatic rings. The Morgan fingerprint density at radius 1 is 1.09 bits per heavy atom. The monoisotopic (exact) mass is 296 g/mol. The molecule has 3 rings (SSSR count). The number of ether oxygens (including phenoxy) is 1. The highest BCUT2D eigenvalue weighted by molar-refractivity contribution is 5.58. The number of nitrogens with zero attached hydrogens (tertiary/aromatic N) is 4. The highest BCUT2D eigenvalue weighted by Gasteiger charge is 2.10. The number of benzene rings is 2. The van der Waals surface area contributed by atoms with Gasteiger partial charge in [0.15, 0.2) is 0 Å². The lowest BCUT2D eigenvalue weighted by molar-refractivity contribution is 0.282. The normalized spacial score (nSPS) is 10.6.